The van der Waals surface area contributed by atoms with Gasteiger partial charge in [0, 0.05) is 17.8 Å². The maximum atomic E-state index is 12.2. The summed E-state index contributed by atoms with van der Waals surface area (Å²) in [7, 11) is 0. The van der Waals surface area contributed by atoms with Crippen LogP contribution in [0.5, 0.6) is 11.5 Å². The van der Waals surface area contributed by atoms with Crippen molar-refractivity contribution in [2.75, 3.05) is 5.32 Å². The normalized spacial score (nSPS) is 12.2. The van der Waals surface area contributed by atoms with E-state index in [4.69, 9.17) is 0 Å². The summed E-state index contributed by atoms with van der Waals surface area (Å²) >= 11 is 0. The number of phenolic OH excluding ortho intramolecular Hbond substituents is 1. The van der Waals surface area contributed by atoms with Crippen molar-refractivity contribution in [2.24, 2.45) is 0 Å². The minimum absolute atomic E-state index is 0.108. The largest absolute Gasteiger partial charge is 0.508 e. The molecule has 0 fully saturated rings. The fraction of sp³-hybridized carbons (Fsp3) is 0.250. The van der Waals surface area contributed by atoms with Gasteiger partial charge in [-0.2, -0.15) is 8.78 Å². The van der Waals surface area contributed by atoms with E-state index in [-0.39, 0.29) is 17.5 Å². The summed E-state index contributed by atoms with van der Waals surface area (Å²) in [4.78, 5) is 0. The van der Waals surface area contributed by atoms with Crippen molar-refractivity contribution < 1.29 is 18.6 Å². The van der Waals surface area contributed by atoms with Gasteiger partial charge in [0.1, 0.15) is 11.5 Å². The highest BCUT2D eigenvalue weighted by Crippen LogP contribution is 2.20. The van der Waals surface area contributed by atoms with Crippen molar-refractivity contribution >= 4 is 5.69 Å². The molecule has 0 saturated heterocycles. The predicted octanol–water partition coefficient (Wildman–Crippen LogP) is 4.04. The molecule has 3 nitrogen and oxygen atoms in total. The Balaban J connectivity index is 1.95. The molecule has 0 amide bonds. The topological polar surface area (TPSA) is 41.5 Å². The van der Waals surface area contributed by atoms with Crippen molar-refractivity contribution in [3.05, 3.63) is 54.1 Å². The summed E-state index contributed by atoms with van der Waals surface area (Å²) in [6.07, 6.45) is 0.750. The van der Waals surface area contributed by atoms with Gasteiger partial charge in [-0.15, -0.1) is 0 Å². The first-order valence-corrected chi connectivity index (χ1v) is 6.62. The molecule has 2 rings (SSSR count). The molecule has 1 unspecified atom stereocenters. The van der Waals surface area contributed by atoms with Crippen molar-refractivity contribution in [2.45, 2.75) is 26.0 Å². The van der Waals surface area contributed by atoms with Gasteiger partial charge in [-0.3, -0.25) is 0 Å². The number of hydrogen-bond donors (Lipinski definition) is 2. The molecule has 21 heavy (non-hydrogen) atoms. The zero-order valence-electron chi connectivity index (χ0n) is 11.6. The van der Waals surface area contributed by atoms with Crippen molar-refractivity contribution in [3.63, 3.8) is 0 Å². The number of phenols is 1. The van der Waals surface area contributed by atoms with Crippen LogP contribution in [0.15, 0.2) is 48.5 Å². The quantitative estimate of drug-likeness (QED) is 0.844. The van der Waals surface area contributed by atoms with E-state index in [2.05, 4.69) is 10.1 Å². The molecule has 0 saturated carbocycles. The molecule has 0 radical (unpaired) electrons. The molecule has 0 aliphatic heterocycles. The van der Waals surface area contributed by atoms with Gasteiger partial charge in [-0.25, -0.2) is 0 Å². The molecule has 2 aromatic carbocycles. The van der Waals surface area contributed by atoms with Crippen molar-refractivity contribution in [3.8, 4) is 11.5 Å². The summed E-state index contributed by atoms with van der Waals surface area (Å²) in [5, 5.41) is 12.5. The Labute approximate surface area is 122 Å². The molecule has 0 aliphatic rings. The van der Waals surface area contributed by atoms with Gasteiger partial charge in [-0.05, 0) is 43.2 Å². The zero-order chi connectivity index (χ0) is 15.2. The second-order valence-electron chi connectivity index (χ2n) is 4.82. The fourth-order valence-electron chi connectivity index (χ4n) is 2.08. The first kappa shape index (κ1) is 15.1. The number of ether oxygens (including phenoxy) is 1. The van der Waals surface area contributed by atoms with Crippen LogP contribution in [0.1, 0.15) is 12.5 Å². The zero-order valence-corrected chi connectivity index (χ0v) is 11.6. The molecule has 1 atom stereocenters. The van der Waals surface area contributed by atoms with E-state index in [1.54, 1.807) is 30.3 Å². The average molecular weight is 293 g/mol. The summed E-state index contributed by atoms with van der Waals surface area (Å²) < 4.78 is 28.7. The molecule has 0 aromatic heterocycles. The second kappa shape index (κ2) is 6.92. The lowest BCUT2D eigenvalue weighted by atomic mass is 10.1. The van der Waals surface area contributed by atoms with Crippen LogP contribution in [0.2, 0.25) is 0 Å². The van der Waals surface area contributed by atoms with Crippen LogP contribution in [-0.4, -0.2) is 17.8 Å². The lowest BCUT2D eigenvalue weighted by molar-refractivity contribution is -0.0498. The molecule has 2 aromatic rings. The van der Waals surface area contributed by atoms with Crippen molar-refractivity contribution in [1.29, 1.82) is 0 Å². The smallest absolute Gasteiger partial charge is 0.387 e. The third-order valence-electron chi connectivity index (χ3n) is 2.95. The van der Waals surface area contributed by atoms with E-state index >= 15 is 0 Å². The lowest BCUT2D eigenvalue weighted by Crippen LogP contribution is -2.18. The Morgan fingerprint density at radius 3 is 2.52 bits per heavy atom. The summed E-state index contributed by atoms with van der Waals surface area (Å²) in [5.41, 5.74) is 1.80. The van der Waals surface area contributed by atoms with Crippen LogP contribution in [0.4, 0.5) is 14.5 Å². The highest BCUT2D eigenvalue weighted by molar-refractivity contribution is 5.49. The maximum absolute atomic E-state index is 12.2. The van der Waals surface area contributed by atoms with Crippen LogP contribution in [0.25, 0.3) is 0 Å². The first-order chi connectivity index (χ1) is 10.0. The Hall–Kier alpha value is -2.30. The number of hydrogen-bond acceptors (Lipinski definition) is 3. The second-order valence-corrected chi connectivity index (χ2v) is 4.82. The van der Waals surface area contributed by atoms with E-state index in [1.165, 1.54) is 6.07 Å². The van der Waals surface area contributed by atoms with Gasteiger partial charge in [0.05, 0.1) is 0 Å². The standard InChI is InChI=1S/C16H17F2NO2/c1-11(9-12-5-7-14(20)8-6-12)19-13-3-2-4-15(10-13)21-16(17)18/h2-8,10-11,16,19-20H,9H2,1H3. The third-order valence-corrected chi connectivity index (χ3v) is 2.95. The Morgan fingerprint density at radius 2 is 1.86 bits per heavy atom. The Morgan fingerprint density at radius 1 is 1.14 bits per heavy atom. The van der Waals surface area contributed by atoms with Gasteiger partial charge in [0.2, 0.25) is 0 Å². The number of rotatable bonds is 6. The van der Waals surface area contributed by atoms with Gasteiger partial charge < -0.3 is 15.2 Å². The van der Waals surface area contributed by atoms with Crippen LogP contribution in [0.3, 0.4) is 0 Å². The van der Waals surface area contributed by atoms with E-state index in [1.807, 2.05) is 19.1 Å². The molecule has 0 heterocycles. The predicted molar refractivity (Wildman–Crippen MR) is 78.0 cm³/mol. The van der Waals surface area contributed by atoms with Crippen LogP contribution in [0, 0.1) is 0 Å². The molecule has 5 heteroatoms. The van der Waals surface area contributed by atoms with Crippen LogP contribution >= 0.6 is 0 Å². The molecule has 0 bridgehead atoms. The minimum atomic E-state index is -2.82. The van der Waals surface area contributed by atoms with Crippen LogP contribution < -0.4 is 10.1 Å². The first-order valence-electron chi connectivity index (χ1n) is 6.62. The number of nitrogens with one attached hydrogen (secondary N) is 1. The maximum Gasteiger partial charge on any atom is 0.387 e. The van der Waals surface area contributed by atoms with Crippen LogP contribution in [-0.2, 0) is 6.42 Å². The van der Waals surface area contributed by atoms with E-state index in [0.29, 0.717) is 0 Å². The number of halogens is 2. The number of benzene rings is 2. The molecular weight excluding hydrogens is 276 g/mol. The molecule has 0 aliphatic carbocycles. The van der Waals surface area contributed by atoms with Crippen molar-refractivity contribution in [1.82, 2.24) is 0 Å². The van der Waals surface area contributed by atoms with E-state index in [9.17, 15) is 13.9 Å². The van der Waals surface area contributed by atoms with Gasteiger partial charge in [0.25, 0.3) is 0 Å². The molecule has 112 valence electrons. The third kappa shape index (κ3) is 4.95. The highest BCUT2D eigenvalue weighted by Gasteiger charge is 2.07. The SMILES string of the molecule is CC(Cc1ccc(O)cc1)Nc1cccc(OC(F)F)c1. The van der Waals surface area contributed by atoms with E-state index in [0.717, 1.165) is 17.7 Å². The minimum Gasteiger partial charge on any atom is -0.508 e. The molecule has 2 N–H and O–H groups in total. The summed E-state index contributed by atoms with van der Waals surface area (Å²) in [6.45, 7) is -0.831. The Kier molecular flexibility index (Phi) is 4.98. The number of anilines is 1. The summed E-state index contributed by atoms with van der Waals surface area (Å²) in [5.74, 6) is 0.364. The lowest BCUT2D eigenvalue weighted by Gasteiger charge is -2.16. The highest BCUT2D eigenvalue weighted by atomic mass is 19.3. The van der Waals surface area contributed by atoms with Gasteiger partial charge in [-0.1, -0.05) is 18.2 Å². The fourth-order valence-corrected chi connectivity index (χ4v) is 2.08. The number of aromatic hydroxyl groups is 1. The number of alkyl halides is 2. The molecule has 0 spiro atoms. The van der Waals surface area contributed by atoms with E-state index < -0.39 is 6.61 Å². The van der Waals surface area contributed by atoms with Gasteiger partial charge >= 0.3 is 6.61 Å². The molecular formula is C16H17F2NO2. The summed E-state index contributed by atoms with van der Waals surface area (Å²) in [6, 6.07) is 13.6. The average Bonchev–Trinajstić information content (AvgIpc) is 2.41. The Bertz CT molecular complexity index is 573. The van der Waals surface area contributed by atoms with Gasteiger partial charge in [0.15, 0.2) is 0 Å². The monoisotopic (exact) mass is 293 g/mol.